The van der Waals surface area contributed by atoms with E-state index in [4.69, 9.17) is 4.74 Å². The second kappa shape index (κ2) is 4.53. The summed E-state index contributed by atoms with van der Waals surface area (Å²) < 4.78 is 19.6. The van der Waals surface area contributed by atoms with Crippen molar-refractivity contribution in [3.8, 4) is 0 Å². The maximum atomic E-state index is 13.8. The minimum atomic E-state index is -0.314. The van der Waals surface area contributed by atoms with Gasteiger partial charge in [-0.3, -0.25) is 0 Å². The topological polar surface area (TPSA) is 21.6 Å². The maximum Gasteiger partial charge on any atom is 0.219 e. The lowest BCUT2D eigenvalue weighted by Crippen LogP contribution is -2.13. The highest BCUT2D eigenvalue weighted by Gasteiger charge is 2.24. The molecule has 1 aliphatic rings. The zero-order valence-corrected chi connectivity index (χ0v) is 10.8. The number of halogens is 2. The van der Waals surface area contributed by atoms with Crippen LogP contribution in [0.1, 0.15) is 19.4 Å². The van der Waals surface area contributed by atoms with Gasteiger partial charge in [-0.1, -0.05) is 19.9 Å². The minimum Gasteiger partial charge on any atom is -0.475 e. The smallest absolute Gasteiger partial charge is 0.219 e. The van der Waals surface area contributed by atoms with Crippen LogP contribution in [0.15, 0.2) is 27.7 Å². The second-order valence-corrected chi connectivity index (χ2v) is 5.01. The van der Waals surface area contributed by atoms with Crippen molar-refractivity contribution < 1.29 is 9.13 Å². The van der Waals surface area contributed by atoms with Gasteiger partial charge in [0.25, 0.3) is 0 Å². The second-order valence-electron chi connectivity index (χ2n) is 4.16. The Bertz CT molecular complexity index is 431. The molecule has 0 bridgehead atoms. The van der Waals surface area contributed by atoms with E-state index in [0.717, 1.165) is 0 Å². The summed E-state index contributed by atoms with van der Waals surface area (Å²) in [5, 5.41) is 0. The van der Waals surface area contributed by atoms with Gasteiger partial charge in [0, 0.05) is 0 Å². The fraction of sp³-hybridized carbons (Fsp3) is 0.417. The third-order valence-corrected chi connectivity index (χ3v) is 3.24. The Morgan fingerprint density at radius 2 is 2.25 bits per heavy atom. The van der Waals surface area contributed by atoms with E-state index in [2.05, 4.69) is 34.8 Å². The van der Waals surface area contributed by atoms with E-state index >= 15 is 0 Å². The largest absolute Gasteiger partial charge is 0.475 e. The zero-order chi connectivity index (χ0) is 11.7. The molecule has 1 atom stereocenters. The van der Waals surface area contributed by atoms with Gasteiger partial charge in [0.05, 0.1) is 16.1 Å². The van der Waals surface area contributed by atoms with E-state index in [9.17, 15) is 4.39 Å². The van der Waals surface area contributed by atoms with E-state index in [1.165, 1.54) is 0 Å². The molecule has 0 spiro atoms. The van der Waals surface area contributed by atoms with Gasteiger partial charge < -0.3 is 4.74 Å². The van der Waals surface area contributed by atoms with Gasteiger partial charge in [-0.2, -0.15) is 0 Å². The molecule has 0 amide bonds. The number of rotatable bonds is 2. The van der Waals surface area contributed by atoms with Crippen molar-refractivity contribution in [2.45, 2.75) is 19.9 Å². The van der Waals surface area contributed by atoms with Crippen molar-refractivity contribution in [3.05, 3.63) is 34.1 Å². The Morgan fingerprint density at radius 1 is 1.50 bits per heavy atom. The fourth-order valence-electron chi connectivity index (χ4n) is 1.55. The molecule has 0 saturated carbocycles. The summed E-state index contributed by atoms with van der Waals surface area (Å²) in [6.45, 7) is 4.70. The molecule has 16 heavy (non-hydrogen) atoms. The summed E-state index contributed by atoms with van der Waals surface area (Å²) in [6, 6.07) is 5.25. The van der Waals surface area contributed by atoms with Crippen LogP contribution in [0, 0.1) is 11.7 Å². The summed E-state index contributed by atoms with van der Waals surface area (Å²) >= 11 is 3.15. The maximum absolute atomic E-state index is 13.8. The van der Waals surface area contributed by atoms with E-state index < -0.39 is 0 Å². The molecule has 0 saturated heterocycles. The lowest BCUT2D eigenvalue weighted by Gasteiger charge is -2.06. The number of nitrogens with zero attached hydrogens (tertiary/aromatic N) is 1. The van der Waals surface area contributed by atoms with Gasteiger partial charge >= 0.3 is 0 Å². The number of benzene rings is 1. The first kappa shape index (κ1) is 11.6. The molecule has 0 fully saturated rings. The molecule has 1 unspecified atom stereocenters. The van der Waals surface area contributed by atoms with Crippen molar-refractivity contribution in [1.29, 1.82) is 0 Å². The average Bonchev–Trinajstić information content (AvgIpc) is 2.71. The van der Waals surface area contributed by atoms with Crippen molar-refractivity contribution >= 4 is 21.8 Å². The molecule has 0 aromatic heterocycles. The summed E-state index contributed by atoms with van der Waals surface area (Å²) in [7, 11) is 0. The SMILES string of the molecule is CC(C)C1COC(c2cccc(Br)c2F)=N1. The van der Waals surface area contributed by atoms with Crippen LogP contribution >= 0.6 is 15.9 Å². The Labute approximate surface area is 103 Å². The Kier molecular flexibility index (Phi) is 3.28. The number of hydrogen-bond donors (Lipinski definition) is 0. The number of aliphatic imine (C=N–C) groups is 1. The molecule has 4 heteroatoms. The van der Waals surface area contributed by atoms with E-state index in [0.29, 0.717) is 28.5 Å². The highest BCUT2D eigenvalue weighted by atomic mass is 79.9. The minimum absolute atomic E-state index is 0.133. The van der Waals surface area contributed by atoms with Crippen LogP contribution in [0.2, 0.25) is 0 Å². The van der Waals surface area contributed by atoms with E-state index in [-0.39, 0.29) is 11.9 Å². The molecular weight excluding hydrogens is 273 g/mol. The summed E-state index contributed by atoms with van der Waals surface area (Å²) in [5.41, 5.74) is 0.428. The lowest BCUT2D eigenvalue weighted by atomic mass is 10.1. The molecule has 1 aromatic rings. The van der Waals surface area contributed by atoms with E-state index in [1.54, 1.807) is 18.2 Å². The van der Waals surface area contributed by atoms with Crippen molar-refractivity contribution in [1.82, 2.24) is 0 Å². The van der Waals surface area contributed by atoms with Gasteiger partial charge in [0.2, 0.25) is 5.90 Å². The standard InChI is InChI=1S/C12H13BrFNO/c1-7(2)10-6-16-12(15-10)8-4-3-5-9(13)11(8)14/h3-5,7,10H,6H2,1-2H3. The molecule has 0 aliphatic carbocycles. The van der Waals surface area contributed by atoms with Crippen LogP contribution in [0.3, 0.4) is 0 Å². The zero-order valence-electron chi connectivity index (χ0n) is 9.21. The van der Waals surface area contributed by atoms with Crippen molar-refractivity contribution in [2.24, 2.45) is 10.9 Å². The van der Waals surface area contributed by atoms with E-state index in [1.807, 2.05) is 0 Å². The quantitative estimate of drug-likeness (QED) is 0.816. The van der Waals surface area contributed by atoms with Gasteiger partial charge in [-0.25, -0.2) is 9.38 Å². The van der Waals surface area contributed by atoms with Crippen LogP contribution in [-0.2, 0) is 4.74 Å². The third-order valence-electron chi connectivity index (χ3n) is 2.63. The number of hydrogen-bond acceptors (Lipinski definition) is 2. The first-order valence-corrected chi connectivity index (χ1v) is 6.04. The van der Waals surface area contributed by atoms with Crippen LogP contribution < -0.4 is 0 Å². The highest BCUT2D eigenvalue weighted by Crippen LogP contribution is 2.23. The molecular formula is C12H13BrFNO. The first-order valence-electron chi connectivity index (χ1n) is 5.24. The third kappa shape index (κ3) is 2.12. The molecule has 1 aromatic carbocycles. The Morgan fingerprint density at radius 3 is 2.88 bits per heavy atom. The van der Waals surface area contributed by atoms with Gasteiger partial charge in [0.1, 0.15) is 12.4 Å². The monoisotopic (exact) mass is 285 g/mol. The Balaban J connectivity index is 2.32. The molecule has 1 heterocycles. The van der Waals surface area contributed by atoms with Gasteiger partial charge in [-0.15, -0.1) is 0 Å². The average molecular weight is 286 g/mol. The summed E-state index contributed by atoms with van der Waals surface area (Å²) in [4.78, 5) is 4.39. The van der Waals surface area contributed by atoms with Crippen LogP contribution in [0.25, 0.3) is 0 Å². The predicted molar refractivity (Wildman–Crippen MR) is 65.2 cm³/mol. The van der Waals surface area contributed by atoms with Gasteiger partial charge in [0.15, 0.2) is 0 Å². The molecule has 1 aliphatic heterocycles. The van der Waals surface area contributed by atoms with Crippen LogP contribution in [0.4, 0.5) is 4.39 Å². The first-order chi connectivity index (χ1) is 7.59. The number of ether oxygens (including phenoxy) is 1. The molecule has 2 rings (SSSR count). The van der Waals surface area contributed by atoms with Gasteiger partial charge in [-0.05, 0) is 34.0 Å². The highest BCUT2D eigenvalue weighted by molar-refractivity contribution is 9.10. The van der Waals surface area contributed by atoms with Crippen LogP contribution in [-0.4, -0.2) is 18.5 Å². The van der Waals surface area contributed by atoms with Crippen molar-refractivity contribution in [3.63, 3.8) is 0 Å². The summed E-state index contributed by atoms with van der Waals surface area (Å²) in [6.07, 6.45) is 0. The molecule has 2 nitrogen and oxygen atoms in total. The summed E-state index contributed by atoms with van der Waals surface area (Å²) in [5.74, 6) is 0.510. The fourth-order valence-corrected chi connectivity index (χ4v) is 1.91. The van der Waals surface area contributed by atoms with Crippen molar-refractivity contribution in [2.75, 3.05) is 6.61 Å². The molecule has 0 radical (unpaired) electrons. The molecule has 86 valence electrons. The predicted octanol–water partition coefficient (Wildman–Crippen LogP) is 3.39. The lowest BCUT2D eigenvalue weighted by molar-refractivity contribution is 0.291. The van der Waals surface area contributed by atoms with Crippen LogP contribution in [0.5, 0.6) is 0 Å². The normalized spacial score (nSPS) is 19.8. The Hall–Kier alpha value is -0.900. The molecule has 0 N–H and O–H groups in total.